The van der Waals surface area contributed by atoms with E-state index in [1.807, 2.05) is 40.1 Å². The third-order valence-corrected chi connectivity index (χ3v) is 6.77. The van der Waals surface area contributed by atoms with Crippen molar-refractivity contribution in [2.45, 2.75) is 13.5 Å². The minimum atomic E-state index is 0.505. The second-order valence-electron chi connectivity index (χ2n) is 8.85. The van der Waals surface area contributed by atoms with E-state index in [0.29, 0.717) is 34.2 Å². The maximum absolute atomic E-state index is 6.50. The van der Waals surface area contributed by atoms with Gasteiger partial charge in [0.25, 0.3) is 0 Å². The van der Waals surface area contributed by atoms with Crippen LogP contribution in [0.25, 0.3) is 5.82 Å². The van der Waals surface area contributed by atoms with Crippen molar-refractivity contribution in [3.8, 4) is 5.82 Å². The molecule has 1 aliphatic rings. The van der Waals surface area contributed by atoms with Crippen molar-refractivity contribution in [1.29, 1.82) is 0 Å². The number of rotatable bonds is 8. The van der Waals surface area contributed by atoms with Crippen LogP contribution in [0.5, 0.6) is 0 Å². The van der Waals surface area contributed by atoms with E-state index in [-0.39, 0.29) is 0 Å². The van der Waals surface area contributed by atoms with Gasteiger partial charge in [-0.15, -0.1) is 0 Å². The standard InChI is InChI=1S/C26H28Cl2N8/c1-4-34(15-14-33(2)3)20-10-8-19(9-11-20)31-25-30-16-18-17-36(23-21(27)6-5-7-22(23)28)26-29-12-13-35(26)24(18)32-25/h5-13,16H,4,14-15,17H2,1-3H3,(H,30,31,32). The fourth-order valence-corrected chi connectivity index (χ4v) is 4.88. The van der Waals surface area contributed by atoms with E-state index in [9.17, 15) is 0 Å². The number of nitrogens with one attached hydrogen (secondary N) is 1. The lowest BCUT2D eigenvalue weighted by molar-refractivity contribution is 0.414. The Morgan fingerprint density at radius 3 is 2.44 bits per heavy atom. The molecule has 10 heteroatoms. The second kappa shape index (κ2) is 10.3. The molecule has 5 rings (SSSR count). The summed E-state index contributed by atoms with van der Waals surface area (Å²) in [6, 6.07) is 13.8. The Bertz CT molecular complexity index is 1330. The zero-order valence-corrected chi connectivity index (χ0v) is 22.0. The van der Waals surface area contributed by atoms with Gasteiger partial charge in [-0.3, -0.25) is 4.57 Å². The summed E-state index contributed by atoms with van der Waals surface area (Å²) in [5.41, 5.74) is 3.77. The van der Waals surface area contributed by atoms with Gasteiger partial charge in [-0.25, -0.2) is 9.97 Å². The summed E-state index contributed by atoms with van der Waals surface area (Å²) in [5.74, 6) is 1.99. The average molecular weight is 523 g/mol. The Kier molecular flexibility index (Phi) is 7.00. The molecule has 0 amide bonds. The monoisotopic (exact) mass is 522 g/mol. The number of para-hydroxylation sites is 1. The Morgan fingerprint density at radius 1 is 1.00 bits per heavy atom. The Morgan fingerprint density at radius 2 is 1.75 bits per heavy atom. The first kappa shape index (κ1) is 24.4. The molecule has 0 fully saturated rings. The van der Waals surface area contributed by atoms with E-state index >= 15 is 0 Å². The van der Waals surface area contributed by atoms with Crippen LogP contribution in [-0.4, -0.2) is 58.1 Å². The molecular formula is C26H28Cl2N8. The molecule has 0 aliphatic carbocycles. The maximum atomic E-state index is 6.50. The number of benzene rings is 2. The number of halogens is 2. The van der Waals surface area contributed by atoms with Gasteiger partial charge >= 0.3 is 0 Å². The first-order chi connectivity index (χ1) is 17.4. The minimum Gasteiger partial charge on any atom is -0.371 e. The van der Waals surface area contributed by atoms with Crippen LogP contribution in [0.3, 0.4) is 0 Å². The van der Waals surface area contributed by atoms with Gasteiger partial charge in [-0.1, -0.05) is 29.3 Å². The molecule has 8 nitrogen and oxygen atoms in total. The molecule has 1 aliphatic heterocycles. The summed E-state index contributed by atoms with van der Waals surface area (Å²) in [6.07, 6.45) is 5.45. The molecule has 4 aromatic rings. The Balaban J connectivity index is 1.37. The van der Waals surface area contributed by atoms with E-state index < -0.39 is 0 Å². The van der Waals surface area contributed by atoms with Gasteiger partial charge in [0.1, 0.15) is 5.82 Å². The zero-order valence-electron chi connectivity index (χ0n) is 20.5. The average Bonchev–Trinajstić information content (AvgIpc) is 3.36. The van der Waals surface area contributed by atoms with Gasteiger partial charge in [0.2, 0.25) is 11.9 Å². The SMILES string of the molecule is CCN(CCN(C)C)c1ccc(Nc2ncc3c(n2)-n2ccnc2N(c2c(Cl)cccc2Cl)C3)cc1. The number of aromatic nitrogens is 4. The molecule has 3 heterocycles. The molecule has 2 aromatic heterocycles. The van der Waals surface area contributed by atoms with Gasteiger partial charge in [-0.2, -0.15) is 4.98 Å². The highest BCUT2D eigenvalue weighted by Gasteiger charge is 2.28. The van der Waals surface area contributed by atoms with Crippen molar-refractivity contribution in [1.82, 2.24) is 24.4 Å². The third kappa shape index (κ3) is 4.84. The van der Waals surface area contributed by atoms with Crippen LogP contribution in [-0.2, 0) is 6.54 Å². The van der Waals surface area contributed by atoms with Gasteiger partial charge in [0.05, 0.1) is 22.3 Å². The van der Waals surface area contributed by atoms with Gasteiger partial charge in [0.15, 0.2) is 0 Å². The molecule has 0 radical (unpaired) electrons. The predicted molar refractivity (Wildman–Crippen MR) is 148 cm³/mol. The number of hydrogen-bond acceptors (Lipinski definition) is 7. The predicted octanol–water partition coefficient (Wildman–Crippen LogP) is 5.75. The van der Waals surface area contributed by atoms with Crippen molar-refractivity contribution in [3.63, 3.8) is 0 Å². The number of fused-ring (bicyclic) bond motifs is 3. The molecule has 0 atom stereocenters. The third-order valence-electron chi connectivity index (χ3n) is 6.16. The van der Waals surface area contributed by atoms with Crippen molar-refractivity contribution in [2.24, 2.45) is 0 Å². The number of likely N-dealkylation sites (N-methyl/N-ethyl adjacent to an activating group) is 2. The van der Waals surface area contributed by atoms with E-state index in [1.54, 1.807) is 6.20 Å². The van der Waals surface area contributed by atoms with Gasteiger partial charge in [0, 0.05) is 55.2 Å². The number of nitrogens with zero attached hydrogens (tertiary/aromatic N) is 7. The van der Waals surface area contributed by atoms with E-state index in [1.165, 1.54) is 5.69 Å². The topological polar surface area (TPSA) is 65.3 Å². The molecule has 1 N–H and O–H groups in total. The Labute approximate surface area is 221 Å². The van der Waals surface area contributed by atoms with Crippen molar-refractivity contribution in [2.75, 3.05) is 48.8 Å². The van der Waals surface area contributed by atoms with Crippen LogP contribution in [0.2, 0.25) is 10.0 Å². The van der Waals surface area contributed by atoms with Gasteiger partial charge in [-0.05, 0) is 57.4 Å². The zero-order chi connectivity index (χ0) is 25.2. The normalized spacial score (nSPS) is 12.4. The fraction of sp³-hybridized carbons (Fsp3) is 0.269. The summed E-state index contributed by atoms with van der Waals surface area (Å²) in [7, 11) is 4.19. The van der Waals surface area contributed by atoms with Crippen LogP contribution >= 0.6 is 23.2 Å². The lowest BCUT2D eigenvalue weighted by Crippen LogP contribution is -2.31. The quantitative estimate of drug-likeness (QED) is 0.315. The highest BCUT2D eigenvalue weighted by molar-refractivity contribution is 6.39. The number of imidazole rings is 1. The van der Waals surface area contributed by atoms with Crippen LogP contribution in [0.1, 0.15) is 12.5 Å². The van der Waals surface area contributed by atoms with E-state index in [2.05, 4.69) is 70.4 Å². The number of hydrogen-bond donors (Lipinski definition) is 1. The minimum absolute atomic E-state index is 0.505. The molecule has 36 heavy (non-hydrogen) atoms. The van der Waals surface area contributed by atoms with Crippen LogP contribution in [0, 0.1) is 0 Å². The summed E-state index contributed by atoms with van der Waals surface area (Å²) < 4.78 is 1.93. The van der Waals surface area contributed by atoms with Crippen molar-refractivity contribution >= 4 is 52.2 Å². The van der Waals surface area contributed by atoms with Crippen molar-refractivity contribution < 1.29 is 0 Å². The molecule has 186 valence electrons. The molecule has 0 bridgehead atoms. The first-order valence-electron chi connectivity index (χ1n) is 11.8. The highest BCUT2D eigenvalue weighted by Crippen LogP contribution is 2.41. The van der Waals surface area contributed by atoms with Crippen molar-refractivity contribution in [3.05, 3.63) is 76.7 Å². The smallest absolute Gasteiger partial charge is 0.229 e. The molecule has 0 saturated heterocycles. The highest BCUT2D eigenvalue weighted by atomic mass is 35.5. The molecule has 0 saturated carbocycles. The van der Waals surface area contributed by atoms with Crippen LogP contribution in [0.15, 0.2) is 61.1 Å². The molecule has 0 unspecified atom stereocenters. The Hall–Kier alpha value is -3.33. The number of anilines is 5. The van der Waals surface area contributed by atoms with E-state index in [0.717, 1.165) is 36.7 Å². The maximum Gasteiger partial charge on any atom is 0.229 e. The van der Waals surface area contributed by atoms with Crippen LogP contribution in [0.4, 0.5) is 29.0 Å². The van der Waals surface area contributed by atoms with Crippen LogP contribution < -0.4 is 15.1 Å². The molecular weight excluding hydrogens is 495 g/mol. The van der Waals surface area contributed by atoms with Gasteiger partial charge < -0.3 is 20.0 Å². The van der Waals surface area contributed by atoms with E-state index in [4.69, 9.17) is 28.2 Å². The first-order valence-corrected chi connectivity index (χ1v) is 12.6. The summed E-state index contributed by atoms with van der Waals surface area (Å²) in [4.78, 5) is 20.5. The summed E-state index contributed by atoms with van der Waals surface area (Å²) >= 11 is 13.0. The lowest BCUT2D eigenvalue weighted by Gasteiger charge is -2.31. The second-order valence-corrected chi connectivity index (χ2v) is 9.67. The molecule has 2 aromatic carbocycles. The lowest BCUT2D eigenvalue weighted by atomic mass is 10.2. The largest absolute Gasteiger partial charge is 0.371 e. The summed E-state index contributed by atoms with van der Waals surface area (Å²) in [6.45, 7) is 5.62. The fourth-order valence-electron chi connectivity index (χ4n) is 4.28. The summed E-state index contributed by atoms with van der Waals surface area (Å²) in [5, 5.41) is 4.46. The molecule has 0 spiro atoms.